The Morgan fingerprint density at radius 3 is 2.33 bits per heavy atom. The van der Waals surface area contributed by atoms with Crippen molar-refractivity contribution in [1.29, 1.82) is 0 Å². The first-order valence-corrected chi connectivity index (χ1v) is 6.19. The second-order valence-corrected chi connectivity index (χ2v) is 5.95. The topological polar surface area (TPSA) is 57.5 Å². The lowest BCUT2D eigenvalue weighted by Crippen LogP contribution is -2.16. The van der Waals surface area contributed by atoms with Crippen molar-refractivity contribution in [2.75, 3.05) is 0 Å². The van der Waals surface area contributed by atoms with E-state index in [0.29, 0.717) is 6.42 Å². The number of hydrogen-bond acceptors (Lipinski definition) is 2. The molecule has 0 heterocycles. The molecule has 0 aromatic heterocycles. The van der Waals surface area contributed by atoms with Crippen LogP contribution in [0.25, 0.3) is 0 Å². The fourth-order valence-corrected chi connectivity index (χ4v) is 1.99. The van der Waals surface area contributed by atoms with Crippen molar-refractivity contribution in [2.45, 2.75) is 46.5 Å². The lowest BCUT2D eigenvalue weighted by molar-refractivity contribution is -0.141. The van der Waals surface area contributed by atoms with Gasteiger partial charge < -0.3 is 10.2 Å². The van der Waals surface area contributed by atoms with Crippen LogP contribution in [-0.4, -0.2) is 16.2 Å². The fourth-order valence-electron chi connectivity index (χ4n) is 1.99. The molecule has 1 atom stereocenters. The number of rotatable bonds is 3. The van der Waals surface area contributed by atoms with Gasteiger partial charge >= 0.3 is 5.97 Å². The predicted octanol–water partition coefficient (Wildman–Crippen LogP) is 3.26. The molecule has 100 valence electrons. The lowest BCUT2D eigenvalue weighted by Gasteiger charge is -2.23. The Kier molecular flexibility index (Phi) is 4.05. The molecule has 1 rings (SSSR count). The van der Waals surface area contributed by atoms with E-state index in [1.54, 1.807) is 6.92 Å². The van der Waals surface area contributed by atoms with Gasteiger partial charge in [-0.15, -0.1) is 0 Å². The molecule has 0 fully saturated rings. The Morgan fingerprint density at radius 1 is 1.33 bits per heavy atom. The summed E-state index contributed by atoms with van der Waals surface area (Å²) in [4.78, 5) is 10.9. The summed E-state index contributed by atoms with van der Waals surface area (Å²) < 4.78 is 0. The molecule has 0 aliphatic heterocycles. The normalized spacial score (nSPS) is 13.4. The number of phenolic OH excluding ortho intramolecular Hbond substituents is 1. The Bertz CT molecular complexity index is 456. The van der Waals surface area contributed by atoms with Crippen LogP contribution in [-0.2, 0) is 16.6 Å². The van der Waals surface area contributed by atoms with Gasteiger partial charge in [-0.2, -0.15) is 0 Å². The minimum absolute atomic E-state index is 0.154. The Labute approximate surface area is 108 Å². The molecule has 3 heteroatoms. The highest BCUT2D eigenvalue weighted by Gasteiger charge is 2.23. The summed E-state index contributed by atoms with van der Waals surface area (Å²) >= 11 is 0. The zero-order chi connectivity index (χ0) is 14.1. The smallest absolute Gasteiger partial charge is 0.306 e. The Balaban J connectivity index is 3.23. The summed E-state index contributed by atoms with van der Waals surface area (Å²) in [7, 11) is 0. The molecule has 1 aromatic rings. The molecule has 1 unspecified atom stereocenters. The summed E-state index contributed by atoms with van der Waals surface area (Å²) in [6.07, 6.45) is 0.358. The van der Waals surface area contributed by atoms with Crippen LogP contribution in [0.1, 0.15) is 44.4 Å². The van der Waals surface area contributed by atoms with E-state index < -0.39 is 11.9 Å². The first-order chi connectivity index (χ1) is 8.14. The fraction of sp³-hybridized carbons (Fsp3) is 0.533. The van der Waals surface area contributed by atoms with Crippen molar-refractivity contribution in [2.24, 2.45) is 5.92 Å². The van der Waals surface area contributed by atoms with Gasteiger partial charge in [0.1, 0.15) is 5.75 Å². The molecular weight excluding hydrogens is 228 g/mol. The highest BCUT2D eigenvalue weighted by Crippen LogP contribution is 2.35. The maximum atomic E-state index is 10.9. The summed E-state index contributed by atoms with van der Waals surface area (Å²) in [5.74, 6) is -1.09. The average Bonchev–Trinajstić information content (AvgIpc) is 2.21. The van der Waals surface area contributed by atoms with E-state index in [-0.39, 0.29) is 11.2 Å². The zero-order valence-electron chi connectivity index (χ0n) is 11.7. The number of benzene rings is 1. The van der Waals surface area contributed by atoms with Gasteiger partial charge in [0.15, 0.2) is 0 Å². The van der Waals surface area contributed by atoms with Crippen molar-refractivity contribution in [3.8, 4) is 5.75 Å². The van der Waals surface area contributed by atoms with E-state index in [4.69, 9.17) is 5.11 Å². The van der Waals surface area contributed by atoms with Crippen molar-refractivity contribution in [1.82, 2.24) is 0 Å². The third-order valence-electron chi connectivity index (χ3n) is 3.26. The van der Waals surface area contributed by atoms with Gasteiger partial charge in [-0.05, 0) is 35.4 Å². The van der Waals surface area contributed by atoms with E-state index in [1.807, 2.05) is 39.8 Å². The van der Waals surface area contributed by atoms with Crippen LogP contribution in [0.4, 0.5) is 0 Å². The summed E-state index contributed by atoms with van der Waals surface area (Å²) in [5.41, 5.74) is 2.39. The molecule has 0 spiro atoms. The number of carboxylic acids is 1. The van der Waals surface area contributed by atoms with Gasteiger partial charge in [-0.1, -0.05) is 39.8 Å². The van der Waals surface area contributed by atoms with Crippen LogP contribution >= 0.6 is 0 Å². The minimum atomic E-state index is -0.838. The van der Waals surface area contributed by atoms with E-state index in [2.05, 4.69) is 0 Å². The van der Waals surface area contributed by atoms with E-state index in [9.17, 15) is 9.90 Å². The minimum Gasteiger partial charge on any atom is -0.507 e. The van der Waals surface area contributed by atoms with E-state index in [1.165, 1.54) is 0 Å². The highest BCUT2D eigenvalue weighted by atomic mass is 16.4. The first-order valence-electron chi connectivity index (χ1n) is 6.19. The Hall–Kier alpha value is -1.51. The van der Waals surface area contributed by atoms with E-state index in [0.717, 1.165) is 16.7 Å². The molecule has 3 nitrogen and oxygen atoms in total. The summed E-state index contributed by atoms with van der Waals surface area (Å²) in [5, 5.41) is 19.3. The first kappa shape index (κ1) is 14.6. The van der Waals surface area contributed by atoms with E-state index >= 15 is 0 Å². The van der Waals surface area contributed by atoms with Gasteiger partial charge in [-0.25, -0.2) is 0 Å². The monoisotopic (exact) mass is 250 g/mol. The van der Waals surface area contributed by atoms with Crippen LogP contribution < -0.4 is 0 Å². The SMILES string of the molecule is Cc1ccc(C(C)(C)C)c(O)c1CC(C)C(=O)O. The molecular formula is C15H22O3. The maximum absolute atomic E-state index is 10.9. The van der Waals surface area contributed by atoms with Crippen molar-refractivity contribution in [3.63, 3.8) is 0 Å². The third-order valence-corrected chi connectivity index (χ3v) is 3.26. The van der Waals surface area contributed by atoms with Gasteiger partial charge in [-0.3, -0.25) is 4.79 Å². The van der Waals surface area contributed by atoms with Crippen molar-refractivity contribution in [3.05, 3.63) is 28.8 Å². The number of phenols is 1. The van der Waals surface area contributed by atoms with Crippen LogP contribution in [0.2, 0.25) is 0 Å². The molecule has 0 bridgehead atoms. The molecule has 2 N–H and O–H groups in total. The number of carboxylic acid groups (broad SMARTS) is 1. The van der Waals surface area contributed by atoms with Gasteiger partial charge in [0.05, 0.1) is 5.92 Å². The zero-order valence-corrected chi connectivity index (χ0v) is 11.7. The molecule has 0 radical (unpaired) electrons. The number of aliphatic carboxylic acids is 1. The van der Waals surface area contributed by atoms with Crippen LogP contribution in [0, 0.1) is 12.8 Å². The lowest BCUT2D eigenvalue weighted by atomic mass is 9.83. The quantitative estimate of drug-likeness (QED) is 0.865. The molecule has 0 saturated heterocycles. The predicted molar refractivity (Wildman–Crippen MR) is 72.0 cm³/mol. The number of aromatic hydroxyl groups is 1. The molecule has 0 saturated carbocycles. The maximum Gasteiger partial charge on any atom is 0.306 e. The Morgan fingerprint density at radius 2 is 1.89 bits per heavy atom. The summed E-state index contributed by atoms with van der Waals surface area (Å²) in [6.45, 7) is 9.65. The van der Waals surface area contributed by atoms with Crippen molar-refractivity contribution < 1.29 is 15.0 Å². The largest absolute Gasteiger partial charge is 0.507 e. The van der Waals surface area contributed by atoms with Crippen LogP contribution in [0.15, 0.2) is 12.1 Å². The third kappa shape index (κ3) is 3.03. The number of hydrogen-bond donors (Lipinski definition) is 2. The molecule has 0 aliphatic rings. The molecule has 1 aromatic carbocycles. The van der Waals surface area contributed by atoms with Gasteiger partial charge in [0.25, 0.3) is 0 Å². The number of aryl methyl sites for hydroxylation is 1. The van der Waals surface area contributed by atoms with Crippen LogP contribution in [0.3, 0.4) is 0 Å². The van der Waals surface area contributed by atoms with Crippen LogP contribution in [0.5, 0.6) is 5.75 Å². The molecule has 0 amide bonds. The van der Waals surface area contributed by atoms with Gasteiger partial charge in [0.2, 0.25) is 0 Å². The standard InChI is InChI=1S/C15H22O3/c1-9-6-7-12(15(3,4)5)13(16)11(9)8-10(2)14(17)18/h6-7,10,16H,8H2,1-5H3,(H,17,18). The second-order valence-electron chi connectivity index (χ2n) is 5.95. The second kappa shape index (κ2) is 5.01. The van der Waals surface area contributed by atoms with Crippen molar-refractivity contribution >= 4 is 5.97 Å². The summed E-state index contributed by atoms with van der Waals surface area (Å²) in [6, 6.07) is 3.86. The molecule has 0 aliphatic carbocycles. The number of carbonyl (C=O) groups is 1. The van der Waals surface area contributed by atoms with Gasteiger partial charge in [0, 0.05) is 0 Å². The highest BCUT2D eigenvalue weighted by molar-refractivity contribution is 5.70. The molecule has 18 heavy (non-hydrogen) atoms. The average molecular weight is 250 g/mol.